The number of hydrogen-bond acceptors (Lipinski definition) is 4. The van der Waals surface area contributed by atoms with Crippen molar-refractivity contribution in [1.82, 2.24) is 10.3 Å². The third-order valence-electron chi connectivity index (χ3n) is 1.44. The molecule has 0 amide bonds. The average Bonchev–Trinajstić information content (AvgIpc) is 2.51. The first-order valence-electron chi connectivity index (χ1n) is 4.24. The van der Waals surface area contributed by atoms with Crippen LogP contribution in [0, 0.1) is 0 Å². The van der Waals surface area contributed by atoms with Crippen molar-refractivity contribution >= 4 is 0 Å². The predicted molar refractivity (Wildman–Crippen MR) is 45.0 cm³/mol. The molecule has 15 heavy (non-hydrogen) atoms. The molecule has 0 spiro atoms. The van der Waals surface area contributed by atoms with E-state index in [2.05, 4.69) is 15.0 Å². The molecule has 0 saturated heterocycles. The van der Waals surface area contributed by atoms with E-state index in [1.165, 1.54) is 6.20 Å². The largest absolute Gasteiger partial charge is 0.442 e. The summed E-state index contributed by atoms with van der Waals surface area (Å²) in [6, 6.07) is 0. The Morgan fingerprint density at radius 3 is 2.87 bits per heavy atom. The van der Waals surface area contributed by atoms with Gasteiger partial charge in [-0.15, -0.1) is 0 Å². The van der Waals surface area contributed by atoms with E-state index in [1.54, 1.807) is 7.05 Å². The van der Waals surface area contributed by atoms with Gasteiger partial charge in [-0.2, -0.15) is 13.2 Å². The molecule has 0 unspecified atom stereocenters. The fourth-order valence-electron chi connectivity index (χ4n) is 0.915. The zero-order valence-electron chi connectivity index (χ0n) is 8.10. The summed E-state index contributed by atoms with van der Waals surface area (Å²) in [5.41, 5.74) is 0. The van der Waals surface area contributed by atoms with Gasteiger partial charge in [0.05, 0.1) is 12.7 Å². The van der Waals surface area contributed by atoms with Gasteiger partial charge in [-0.25, -0.2) is 4.98 Å². The van der Waals surface area contributed by atoms with Crippen molar-refractivity contribution in [3.05, 3.63) is 17.8 Å². The normalized spacial score (nSPS) is 12.0. The number of rotatable bonds is 5. The van der Waals surface area contributed by atoms with E-state index in [4.69, 9.17) is 4.42 Å². The summed E-state index contributed by atoms with van der Waals surface area (Å²) in [6.45, 7) is -1.08. The lowest BCUT2D eigenvalue weighted by Gasteiger charge is -2.05. The lowest BCUT2D eigenvalue weighted by Crippen LogP contribution is -2.16. The minimum atomic E-state index is -4.31. The number of nitrogens with one attached hydrogen (secondary N) is 1. The third kappa shape index (κ3) is 4.80. The molecule has 1 N–H and O–H groups in total. The highest BCUT2D eigenvalue weighted by molar-refractivity contribution is 4.92. The van der Waals surface area contributed by atoms with Gasteiger partial charge in [-0.05, 0) is 7.05 Å². The highest BCUT2D eigenvalue weighted by Crippen LogP contribution is 2.15. The monoisotopic (exact) mass is 224 g/mol. The summed E-state index contributed by atoms with van der Waals surface area (Å²) in [4.78, 5) is 3.83. The van der Waals surface area contributed by atoms with Gasteiger partial charge in [-0.3, -0.25) is 0 Å². The second-order valence-corrected chi connectivity index (χ2v) is 2.86. The van der Waals surface area contributed by atoms with Crippen LogP contribution in [0.15, 0.2) is 10.6 Å². The van der Waals surface area contributed by atoms with Crippen LogP contribution < -0.4 is 5.32 Å². The maximum atomic E-state index is 11.7. The quantitative estimate of drug-likeness (QED) is 0.822. The molecule has 0 aliphatic rings. The maximum absolute atomic E-state index is 11.7. The van der Waals surface area contributed by atoms with E-state index in [9.17, 15) is 13.2 Å². The van der Waals surface area contributed by atoms with Gasteiger partial charge in [0, 0.05) is 0 Å². The Morgan fingerprint density at radius 1 is 1.53 bits per heavy atom. The molecule has 0 aromatic carbocycles. The number of halogens is 3. The standard InChI is InChI=1S/C8H11F3N2O2/c1-12-3-7-13-2-6(15-7)4-14-5-8(9,10)11/h2,12H,3-5H2,1H3. The van der Waals surface area contributed by atoms with E-state index in [1.807, 2.05) is 0 Å². The SMILES string of the molecule is CNCc1ncc(COCC(F)(F)F)o1. The minimum absolute atomic E-state index is 0.226. The van der Waals surface area contributed by atoms with Gasteiger partial charge < -0.3 is 14.5 Å². The molecule has 1 aromatic rings. The molecule has 7 heteroatoms. The van der Waals surface area contributed by atoms with Crippen LogP contribution in [0.3, 0.4) is 0 Å². The Hall–Kier alpha value is -1.08. The van der Waals surface area contributed by atoms with Gasteiger partial charge in [0.15, 0.2) is 0 Å². The van der Waals surface area contributed by atoms with E-state index in [0.717, 1.165) is 0 Å². The van der Waals surface area contributed by atoms with E-state index < -0.39 is 12.8 Å². The van der Waals surface area contributed by atoms with Crippen molar-refractivity contribution in [3.63, 3.8) is 0 Å². The summed E-state index contributed by atoms with van der Waals surface area (Å²) >= 11 is 0. The second kappa shape index (κ2) is 5.13. The van der Waals surface area contributed by atoms with Crippen LogP contribution in [0.5, 0.6) is 0 Å². The molecule has 0 radical (unpaired) electrons. The Balaban J connectivity index is 2.31. The number of hydrogen-bond donors (Lipinski definition) is 1. The number of oxazole rings is 1. The zero-order chi connectivity index (χ0) is 11.3. The molecule has 0 aliphatic heterocycles. The molecule has 1 heterocycles. The number of nitrogens with zero attached hydrogens (tertiary/aromatic N) is 1. The zero-order valence-corrected chi connectivity index (χ0v) is 8.10. The van der Waals surface area contributed by atoms with Crippen LogP contribution in [0.4, 0.5) is 13.2 Å². The topological polar surface area (TPSA) is 47.3 Å². The third-order valence-corrected chi connectivity index (χ3v) is 1.44. The van der Waals surface area contributed by atoms with Crippen LogP contribution in [0.25, 0.3) is 0 Å². The van der Waals surface area contributed by atoms with Gasteiger partial charge >= 0.3 is 6.18 Å². The van der Waals surface area contributed by atoms with E-state index >= 15 is 0 Å². The lowest BCUT2D eigenvalue weighted by molar-refractivity contribution is -0.177. The molecule has 1 aromatic heterocycles. The van der Waals surface area contributed by atoms with Crippen LogP contribution in [-0.4, -0.2) is 24.8 Å². The Morgan fingerprint density at radius 2 is 2.27 bits per heavy atom. The summed E-state index contributed by atoms with van der Waals surface area (Å²) in [5, 5.41) is 2.80. The summed E-state index contributed by atoms with van der Waals surface area (Å²) in [6.07, 6.45) is -2.96. The van der Waals surface area contributed by atoms with Crippen LogP contribution in [0.1, 0.15) is 11.7 Å². The van der Waals surface area contributed by atoms with Gasteiger partial charge in [0.1, 0.15) is 19.0 Å². The Labute approximate surface area is 84.4 Å². The summed E-state index contributed by atoms with van der Waals surface area (Å²) < 4.78 is 44.6. The van der Waals surface area contributed by atoms with E-state index in [-0.39, 0.29) is 12.4 Å². The number of alkyl halides is 3. The molecule has 0 bridgehead atoms. The molecule has 0 saturated carbocycles. The molecule has 1 rings (SSSR count). The van der Waals surface area contributed by atoms with Crippen molar-refractivity contribution in [2.45, 2.75) is 19.3 Å². The molecule has 0 atom stereocenters. The van der Waals surface area contributed by atoms with Crippen molar-refractivity contribution in [2.75, 3.05) is 13.7 Å². The number of aromatic nitrogens is 1. The summed E-state index contributed by atoms with van der Waals surface area (Å²) in [7, 11) is 1.71. The van der Waals surface area contributed by atoms with Crippen LogP contribution in [-0.2, 0) is 17.9 Å². The van der Waals surface area contributed by atoms with Crippen molar-refractivity contribution < 1.29 is 22.3 Å². The highest BCUT2D eigenvalue weighted by atomic mass is 19.4. The van der Waals surface area contributed by atoms with Gasteiger partial charge in [-0.1, -0.05) is 0 Å². The molecule has 0 fully saturated rings. The van der Waals surface area contributed by atoms with Crippen LogP contribution in [0.2, 0.25) is 0 Å². The highest BCUT2D eigenvalue weighted by Gasteiger charge is 2.27. The van der Waals surface area contributed by atoms with Crippen molar-refractivity contribution in [2.24, 2.45) is 0 Å². The number of ether oxygens (including phenoxy) is 1. The fraction of sp³-hybridized carbons (Fsp3) is 0.625. The van der Waals surface area contributed by atoms with Gasteiger partial charge in [0.25, 0.3) is 0 Å². The van der Waals surface area contributed by atoms with Crippen LogP contribution >= 0.6 is 0 Å². The van der Waals surface area contributed by atoms with Crippen molar-refractivity contribution in [3.8, 4) is 0 Å². The maximum Gasteiger partial charge on any atom is 0.411 e. The molecule has 4 nitrogen and oxygen atoms in total. The molecular weight excluding hydrogens is 213 g/mol. The Kier molecular flexibility index (Phi) is 4.10. The fourth-order valence-corrected chi connectivity index (χ4v) is 0.915. The Bertz CT molecular complexity index is 298. The summed E-state index contributed by atoms with van der Waals surface area (Å²) in [5.74, 6) is 0.701. The lowest BCUT2D eigenvalue weighted by atomic mass is 10.5. The average molecular weight is 224 g/mol. The smallest absolute Gasteiger partial charge is 0.411 e. The molecular formula is C8H11F3N2O2. The minimum Gasteiger partial charge on any atom is -0.442 e. The first-order chi connectivity index (χ1) is 7.01. The van der Waals surface area contributed by atoms with E-state index in [0.29, 0.717) is 12.4 Å². The predicted octanol–water partition coefficient (Wildman–Crippen LogP) is 1.47. The van der Waals surface area contributed by atoms with Crippen molar-refractivity contribution in [1.29, 1.82) is 0 Å². The molecule has 86 valence electrons. The first-order valence-corrected chi connectivity index (χ1v) is 4.24. The van der Waals surface area contributed by atoms with Gasteiger partial charge in [0.2, 0.25) is 5.89 Å². The molecule has 0 aliphatic carbocycles. The first kappa shape index (κ1) is 12.0. The second-order valence-electron chi connectivity index (χ2n) is 2.86.